The number of anilines is 2. The van der Waals surface area contributed by atoms with Gasteiger partial charge in [-0.15, -0.1) is 0 Å². The number of hydrogen-bond donors (Lipinski definition) is 2. The van der Waals surface area contributed by atoms with Gasteiger partial charge in [0.25, 0.3) is 5.91 Å². The molecule has 0 bridgehead atoms. The van der Waals surface area contributed by atoms with E-state index in [1.807, 2.05) is 0 Å². The fourth-order valence-corrected chi connectivity index (χ4v) is 4.17. The minimum atomic E-state index is -0.605. The number of fused-ring (bicyclic) bond motifs is 1. The van der Waals surface area contributed by atoms with Gasteiger partial charge in [-0.3, -0.25) is 14.5 Å². The normalized spacial score (nSPS) is 12.0. The third-order valence-electron chi connectivity index (χ3n) is 5.83. The first-order valence-corrected chi connectivity index (χ1v) is 11.3. The summed E-state index contributed by atoms with van der Waals surface area (Å²) in [7, 11) is 1.40. The lowest BCUT2D eigenvalue weighted by atomic mass is 10.0. The van der Waals surface area contributed by atoms with Crippen molar-refractivity contribution < 1.29 is 23.1 Å². The Morgan fingerprint density at radius 1 is 1.11 bits per heavy atom. The standard InChI is InChI=1S/C26H26F2N4O3/c1-16(33)29-11-12-32(26(34)25-19-8-10-30-22(19)5-4-20(25)27)24-15-18(7-9-31-24)13-17-3-6-23(35-2)21(28)14-17/h3-7,9,14-15,30H,8,10-13H2,1-2H3,(H,29,33). The van der Waals surface area contributed by atoms with E-state index in [-0.39, 0.29) is 30.3 Å². The molecule has 0 saturated carbocycles. The number of methoxy groups -OCH3 is 1. The van der Waals surface area contributed by atoms with Crippen LogP contribution >= 0.6 is 0 Å². The number of nitrogens with zero attached hydrogens (tertiary/aromatic N) is 2. The highest BCUT2D eigenvalue weighted by molar-refractivity contribution is 6.08. The Bertz CT molecular complexity index is 1270. The quantitative estimate of drug-likeness (QED) is 0.514. The van der Waals surface area contributed by atoms with Crippen LogP contribution < -0.4 is 20.3 Å². The third-order valence-corrected chi connectivity index (χ3v) is 5.83. The molecule has 4 rings (SSSR count). The summed E-state index contributed by atoms with van der Waals surface area (Å²) in [5, 5.41) is 5.83. The molecule has 2 N–H and O–H groups in total. The van der Waals surface area contributed by atoms with Crippen LogP contribution in [-0.4, -0.2) is 43.5 Å². The van der Waals surface area contributed by atoms with Gasteiger partial charge < -0.3 is 15.4 Å². The Hall–Kier alpha value is -4.01. The first-order valence-electron chi connectivity index (χ1n) is 11.3. The summed E-state index contributed by atoms with van der Waals surface area (Å²) in [5.41, 5.74) is 2.87. The van der Waals surface area contributed by atoms with E-state index in [2.05, 4.69) is 15.6 Å². The van der Waals surface area contributed by atoms with Gasteiger partial charge in [-0.2, -0.15) is 0 Å². The number of rotatable bonds is 8. The van der Waals surface area contributed by atoms with Crippen LogP contribution in [0.25, 0.3) is 0 Å². The first-order chi connectivity index (χ1) is 16.9. The van der Waals surface area contributed by atoms with Crippen LogP contribution in [0.3, 0.4) is 0 Å². The third kappa shape index (κ3) is 5.40. The first kappa shape index (κ1) is 24.1. The molecule has 0 aliphatic carbocycles. The number of amides is 2. The summed E-state index contributed by atoms with van der Waals surface area (Å²) in [6.45, 7) is 2.28. The molecule has 3 aromatic rings. The lowest BCUT2D eigenvalue weighted by molar-refractivity contribution is -0.118. The monoisotopic (exact) mass is 480 g/mol. The molecule has 2 aromatic carbocycles. The summed E-state index contributed by atoms with van der Waals surface area (Å²) >= 11 is 0. The van der Waals surface area contributed by atoms with Crippen LogP contribution in [0, 0.1) is 11.6 Å². The zero-order chi connectivity index (χ0) is 24.9. The molecule has 0 spiro atoms. The van der Waals surface area contributed by atoms with Gasteiger partial charge in [0.15, 0.2) is 11.6 Å². The number of halogens is 2. The van der Waals surface area contributed by atoms with Crippen LogP contribution in [0.5, 0.6) is 5.75 Å². The predicted molar refractivity (Wildman–Crippen MR) is 129 cm³/mol. The molecule has 182 valence electrons. The van der Waals surface area contributed by atoms with Gasteiger partial charge in [0, 0.05) is 38.4 Å². The summed E-state index contributed by atoms with van der Waals surface area (Å²) < 4.78 is 34.0. The average Bonchev–Trinajstić information content (AvgIpc) is 3.30. The Morgan fingerprint density at radius 2 is 1.91 bits per heavy atom. The number of carbonyl (C=O) groups excluding carboxylic acids is 2. The SMILES string of the molecule is COc1ccc(Cc2ccnc(N(CCNC(C)=O)C(=O)c3c(F)ccc4c3CCN4)c2)cc1F. The molecule has 0 atom stereocenters. The molecule has 1 aliphatic rings. The Morgan fingerprint density at radius 3 is 2.66 bits per heavy atom. The fourth-order valence-electron chi connectivity index (χ4n) is 4.17. The smallest absolute Gasteiger partial charge is 0.262 e. The molecule has 0 saturated heterocycles. The van der Waals surface area contributed by atoms with Gasteiger partial charge in [-0.05, 0) is 65.9 Å². The number of nitrogens with one attached hydrogen (secondary N) is 2. The Kier molecular flexibility index (Phi) is 7.24. The molecule has 1 aromatic heterocycles. The van der Waals surface area contributed by atoms with Gasteiger partial charge in [-0.1, -0.05) is 6.07 Å². The van der Waals surface area contributed by atoms with Crippen molar-refractivity contribution in [1.82, 2.24) is 10.3 Å². The maximum Gasteiger partial charge on any atom is 0.262 e. The minimum Gasteiger partial charge on any atom is -0.494 e. The van der Waals surface area contributed by atoms with Crippen molar-refractivity contribution in [1.29, 1.82) is 0 Å². The van der Waals surface area contributed by atoms with Gasteiger partial charge in [0.2, 0.25) is 5.91 Å². The lowest BCUT2D eigenvalue weighted by Crippen LogP contribution is -2.39. The van der Waals surface area contributed by atoms with E-state index in [0.29, 0.717) is 30.8 Å². The molecule has 2 heterocycles. The second kappa shape index (κ2) is 10.5. The van der Waals surface area contributed by atoms with Gasteiger partial charge in [0.05, 0.1) is 12.7 Å². The molecule has 2 amide bonds. The maximum absolute atomic E-state index is 14.9. The van der Waals surface area contributed by atoms with E-state index < -0.39 is 17.5 Å². The molecule has 0 unspecified atom stereocenters. The average molecular weight is 481 g/mol. The van der Waals surface area contributed by atoms with Gasteiger partial charge in [-0.25, -0.2) is 13.8 Å². The van der Waals surface area contributed by atoms with Crippen molar-refractivity contribution in [3.8, 4) is 5.75 Å². The molecule has 0 radical (unpaired) electrons. The predicted octanol–water partition coefficient (Wildman–Crippen LogP) is 3.71. The highest BCUT2D eigenvalue weighted by atomic mass is 19.1. The summed E-state index contributed by atoms with van der Waals surface area (Å²) in [5.74, 6) is -1.37. The Balaban J connectivity index is 1.66. The highest BCUT2D eigenvalue weighted by Crippen LogP contribution is 2.30. The maximum atomic E-state index is 14.9. The second-order valence-electron chi connectivity index (χ2n) is 8.23. The molecule has 9 heteroatoms. The second-order valence-corrected chi connectivity index (χ2v) is 8.23. The van der Waals surface area contributed by atoms with Crippen LogP contribution in [0.2, 0.25) is 0 Å². The van der Waals surface area contributed by atoms with Crippen LogP contribution in [0.4, 0.5) is 20.3 Å². The van der Waals surface area contributed by atoms with E-state index in [4.69, 9.17) is 4.74 Å². The van der Waals surface area contributed by atoms with Crippen molar-refractivity contribution in [2.24, 2.45) is 0 Å². The van der Waals surface area contributed by atoms with Crippen molar-refractivity contribution in [2.45, 2.75) is 19.8 Å². The lowest BCUT2D eigenvalue weighted by Gasteiger charge is -2.24. The number of pyridine rings is 1. The minimum absolute atomic E-state index is 0.000228. The van der Waals surface area contributed by atoms with Crippen molar-refractivity contribution >= 4 is 23.3 Å². The highest BCUT2D eigenvalue weighted by Gasteiger charge is 2.28. The molecule has 7 nitrogen and oxygen atoms in total. The van der Waals surface area contributed by atoms with E-state index in [1.165, 1.54) is 31.1 Å². The number of aromatic nitrogens is 1. The van der Waals surface area contributed by atoms with Crippen LogP contribution in [-0.2, 0) is 17.6 Å². The zero-order valence-electron chi connectivity index (χ0n) is 19.5. The van der Waals surface area contributed by atoms with E-state index in [1.54, 1.807) is 36.5 Å². The molecule has 1 aliphatic heterocycles. The largest absolute Gasteiger partial charge is 0.494 e. The molecule has 0 fully saturated rings. The number of hydrogen-bond acceptors (Lipinski definition) is 5. The van der Waals surface area contributed by atoms with Crippen LogP contribution in [0.15, 0.2) is 48.7 Å². The van der Waals surface area contributed by atoms with Crippen molar-refractivity contribution in [3.63, 3.8) is 0 Å². The van der Waals surface area contributed by atoms with Crippen LogP contribution in [0.1, 0.15) is 34.0 Å². The molecule has 35 heavy (non-hydrogen) atoms. The summed E-state index contributed by atoms with van der Waals surface area (Å²) in [6, 6.07) is 11.1. The van der Waals surface area contributed by atoms with Crippen molar-refractivity contribution in [3.05, 3.63) is 82.5 Å². The topological polar surface area (TPSA) is 83.6 Å². The van der Waals surface area contributed by atoms with Crippen molar-refractivity contribution in [2.75, 3.05) is 37.0 Å². The number of ether oxygens (including phenoxy) is 1. The van der Waals surface area contributed by atoms with E-state index >= 15 is 0 Å². The number of carbonyl (C=O) groups is 2. The molecular weight excluding hydrogens is 454 g/mol. The summed E-state index contributed by atoms with van der Waals surface area (Å²) in [6.07, 6.45) is 2.48. The zero-order valence-corrected chi connectivity index (χ0v) is 19.5. The summed E-state index contributed by atoms with van der Waals surface area (Å²) in [4.78, 5) is 30.8. The Labute approximate surface area is 202 Å². The van der Waals surface area contributed by atoms with E-state index in [9.17, 15) is 18.4 Å². The van der Waals surface area contributed by atoms with E-state index in [0.717, 1.165) is 16.8 Å². The molecular formula is C26H26F2N4O3. The van der Waals surface area contributed by atoms with Gasteiger partial charge >= 0.3 is 0 Å². The number of benzene rings is 2. The fraction of sp³-hybridized carbons (Fsp3) is 0.269. The van der Waals surface area contributed by atoms with Gasteiger partial charge in [0.1, 0.15) is 11.6 Å².